The van der Waals surface area contributed by atoms with Crippen molar-refractivity contribution in [3.63, 3.8) is 0 Å². The molecule has 3 aromatic rings. The molecule has 0 unspecified atom stereocenters. The van der Waals surface area contributed by atoms with E-state index < -0.39 is 41.8 Å². The minimum Gasteiger partial charge on any atom is -0.394 e. The highest BCUT2D eigenvalue weighted by Gasteiger charge is 2.34. The van der Waals surface area contributed by atoms with E-state index in [1.54, 1.807) is 45.0 Å². The summed E-state index contributed by atoms with van der Waals surface area (Å²) in [5.41, 5.74) is 1.06. The summed E-state index contributed by atoms with van der Waals surface area (Å²) in [7, 11) is 0. The summed E-state index contributed by atoms with van der Waals surface area (Å²) < 4.78 is 15.5. The number of aliphatic hydroxyl groups excluding tert-OH is 2. The van der Waals surface area contributed by atoms with Crippen molar-refractivity contribution in [2.24, 2.45) is 5.41 Å². The number of hydrogen-bond donors (Lipinski definition) is 4. The van der Waals surface area contributed by atoms with E-state index in [9.17, 15) is 19.1 Å². The molecule has 0 aliphatic heterocycles. The first kappa shape index (κ1) is 25.8. The lowest BCUT2D eigenvalue weighted by atomic mass is 9.86. The van der Waals surface area contributed by atoms with Crippen LogP contribution in [0.1, 0.15) is 42.4 Å². The van der Waals surface area contributed by atoms with Crippen LogP contribution in [-0.4, -0.2) is 57.1 Å². The Balaban J connectivity index is 1.91. The predicted molar refractivity (Wildman–Crippen MR) is 127 cm³/mol. The second kappa shape index (κ2) is 10.6. The van der Waals surface area contributed by atoms with Gasteiger partial charge in [-0.2, -0.15) is 10.4 Å². The van der Waals surface area contributed by atoms with Gasteiger partial charge in [0.2, 0.25) is 5.91 Å². The topological polar surface area (TPSA) is 140 Å². The molecule has 0 saturated heterocycles. The number of nitriles is 1. The molecule has 0 fully saturated rings. The Labute approximate surface area is 202 Å². The average molecular weight is 482 g/mol. The third kappa shape index (κ3) is 6.20. The van der Waals surface area contributed by atoms with Gasteiger partial charge in [-0.3, -0.25) is 14.3 Å². The van der Waals surface area contributed by atoms with Crippen LogP contribution < -0.4 is 10.6 Å². The molecule has 2 aromatic carbocycles. The number of halogens is 1. The van der Waals surface area contributed by atoms with Gasteiger partial charge < -0.3 is 20.8 Å². The second-order valence-electron chi connectivity index (χ2n) is 9.33. The van der Waals surface area contributed by atoms with Gasteiger partial charge in [0.15, 0.2) is 5.69 Å². The Kier molecular flexibility index (Phi) is 7.84. The minimum atomic E-state index is -1.12. The number of hydrogen-bond acceptors (Lipinski definition) is 6. The van der Waals surface area contributed by atoms with E-state index in [1.165, 1.54) is 22.9 Å². The largest absolute Gasteiger partial charge is 0.394 e. The van der Waals surface area contributed by atoms with Gasteiger partial charge in [-0.25, -0.2) is 4.39 Å². The van der Waals surface area contributed by atoms with E-state index in [0.717, 1.165) is 5.56 Å². The number of aromatic nitrogens is 2. The average Bonchev–Trinajstić information content (AvgIpc) is 3.17. The molecule has 4 N–H and O–H groups in total. The summed E-state index contributed by atoms with van der Waals surface area (Å²) in [4.78, 5) is 26.0. The maximum absolute atomic E-state index is 14.0. The Morgan fingerprint density at radius 1 is 1.20 bits per heavy atom. The molecular formula is C25H28FN5O4. The van der Waals surface area contributed by atoms with Gasteiger partial charge in [-0.05, 0) is 41.3 Å². The number of carbonyl (C=O) groups excluding carboxylic acids is 2. The SMILES string of the molecule is CC(C)(C)[C@H](NC(=O)c1nn(Cc2ccc(C#N)cc2)c2cc(F)ccc12)C(=O)NC[C@H](O)CO. The Morgan fingerprint density at radius 3 is 2.49 bits per heavy atom. The van der Waals surface area contributed by atoms with Crippen LogP contribution in [0.3, 0.4) is 0 Å². The molecule has 0 spiro atoms. The molecule has 1 heterocycles. The molecule has 0 radical (unpaired) electrons. The van der Waals surface area contributed by atoms with E-state index in [4.69, 9.17) is 10.4 Å². The normalized spacial score (nSPS) is 13.2. The number of nitrogens with zero attached hydrogens (tertiary/aromatic N) is 3. The lowest BCUT2D eigenvalue weighted by Gasteiger charge is -2.30. The number of carbonyl (C=O) groups is 2. The third-order valence-electron chi connectivity index (χ3n) is 5.47. The molecule has 0 aliphatic carbocycles. The zero-order chi connectivity index (χ0) is 25.8. The van der Waals surface area contributed by atoms with Crippen molar-refractivity contribution >= 4 is 22.7 Å². The molecule has 2 amide bonds. The Bertz CT molecular complexity index is 1260. The van der Waals surface area contributed by atoms with Gasteiger partial charge in [0, 0.05) is 11.9 Å². The number of fused-ring (bicyclic) bond motifs is 1. The highest BCUT2D eigenvalue weighted by atomic mass is 19.1. The van der Waals surface area contributed by atoms with Gasteiger partial charge in [-0.1, -0.05) is 32.9 Å². The number of nitrogens with one attached hydrogen (secondary N) is 2. The van der Waals surface area contributed by atoms with Crippen LogP contribution in [0.4, 0.5) is 4.39 Å². The van der Waals surface area contributed by atoms with Gasteiger partial charge in [-0.15, -0.1) is 0 Å². The molecular weight excluding hydrogens is 453 g/mol. The summed E-state index contributed by atoms with van der Waals surface area (Å²) in [5.74, 6) is -1.62. The van der Waals surface area contributed by atoms with E-state index in [-0.39, 0.29) is 18.8 Å². The molecule has 10 heteroatoms. The lowest BCUT2D eigenvalue weighted by molar-refractivity contribution is -0.125. The van der Waals surface area contributed by atoms with Crippen LogP contribution in [0.15, 0.2) is 42.5 Å². The van der Waals surface area contributed by atoms with Crippen molar-refractivity contribution in [1.82, 2.24) is 20.4 Å². The summed E-state index contributed by atoms with van der Waals surface area (Å²) in [6.45, 7) is 4.89. The number of aliphatic hydroxyl groups is 2. The fourth-order valence-corrected chi connectivity index (χ4v) is 3.55. The molecule has 9 nitrogen and oxygen atoms in total. The van der Waals surface area contributed by atoms with Crippen molar-refractivity contribution < 1.29 is 24.2 Å². The quantitative estimate of drug-likeness (QED) is 0.386. The summed E-state index contributed by atoms with van der Waals surface area (Å²) in [5, 5.41) is 37.6. The minimum absolute atomic E-state index is 0.0334. The van der Waals surface area contributed by atoms with Crippen LogP contribution in [-0.2, 0) is 11.3 Å². The monoisotopic (exact) mass is 481 g/mol. The predicted octanol–water partition coefficient (Wildman–Crippen LogP) is 1.71. The zero-order valence-electron chi connectivity index (χ0n) is 19.7. The summed E-state index contributed by atoms with van der Waals surface area (Å²) in [6.07, 6.45) is -1.12. The zero-order valence-corrected chi connectivity index (χ0v) is 19.7. The van der Waals surface area contributed by atoms with E-state index in [1.807, 2.05) is 6.07 Å². The molecule has 0 bridgehead atoms. The van der Waals surface area contributed by atoms with Crippen LogP contribution in [0.25, 0.3) is 10.9 Å². The summed E-state index contributed by atoms with van der Waals surface area (Å²) >= 11 is 0. The molecule has 0 saturated carbocycles. The number of amides is 2. The smallest absolute Gasteiger partial charge is 0.273 e. The van der Waals surface area contributed by atoms with Crippen LogP contribution in [0.5, 0.6) is 0 Å². The summed E-state index contributed by atoms with van der Waals surface area (Å²) in [6, 6.07) is 11.9. The maximum Gasteiger partial charge on any atom is 0.273 e. The van der Waals surface area contributed by atoms with Crippen molar-refractivity contribution in [3.8, 4) is 6.07 Å². The molecule has 0 aliphatic rings. The Hall–Kier alpha value is -3.81. The molecule has 1 aromatic heterocycles. The van der Waals surface area contributed by atoms with E-state index in [2.05, 4.69) is 15.7 Å². The van der Waals surface area contributed by atoms with Gasteiger partial charge in [0.25, 0.3) is 5.91 Å². The van der Waals surface area contributed by atoms with Crippen LogP contribution in [0.2, 0.25) is 0 Å². The highest BCUT2D eigenvalue weighted by molar-refractivity contribution is 6.06. The fraction of sp³-hybridized carbons (Fsp3) is 0.360. The fourth-order valence-electron chi connectivity index (χ4n) is 3.55. The number of benzene rings is 2. The highest BCUT2D eigenvalue weighted by Crippen LogP contribution is 2.24. The number of rotatable bonds is 8. The second-order valence-corrected chi connectivity index (χ2v) is 9.33. The van der Waals surface area contributed by atoms with Gasteiger partial charge in [0.1, 0.15) is 11.9 Å². The van der Waals surface area contributed by atoms with Gasteiger partial charge >= 0.3 is 0 Å². The molecule has 35 heavy (non-hydrogen) atoms. The van der Waals surface area contributed by atoms with Crippen molar-refractivity contribution in [2.75, 3.05) is 13.2 Å². The first-order valence-corrected chi connectivity index (χ1v) is 11.1. The first-order chi connectivity index (χ1) is 16.5. The molecule has 2 atom stereocenters. The first-order valence-electron chi connectivity index (χ1n) is 11.1. The third-order valence-corrected chi connectivity index (χ3v) is 5.47. The van der Waals surface area contributed by atoms with Crippen LogP contribution in [0, 0.1) is 22.6 Å². The van der Waals surface area contributed by atoms with E-state index >= 15 is 0 Å². The van der Waals surface area contributed by atoms with Gasteiger partial charge in [0.05, 0.1) is 36.4 Å². The van der Waals surface area contributed by atoms with Crippen molar-refractivity contribution in [1.29, 1.82) is 5.26 Å². The molecule has 184 valence electrons. The van der Waals surface area contributed by atoms with Crippen molar-refractivity contribution in [2.45, 2.75) is 39.5 Å². The lowest BCUT2D eigenvalue weighted by Crippen LogP contribution is -2.54. The Morgan fingerprint density at radius 2 is 1.89 bits per heavy atom. The standard InChI is InChI=1S/C25H28FN5O4/c1-25(2,3)22(24(35)28-12-18(33)14-32)29-23(34)21-19-9-8-17(26)10-20(19)31(30-21)13-16-6-4-15(11-27)5-7-16/h4-10,18,22,32-33H,12-14H2,1-3H3,(H,28,35)(H,29,34)/t18-,22+/m0/s1. The molecule has 3 rings (SSSR count). The van der Waals surface area contributed by atoms with Crippen LogP contribution >= 0.6 is 0 Å². The van der Waals surface area contributed by atoms with E-state index in [0.29, 0.717) is 16.5 Å². The maximum atomic E-state index is 14.0. The van der Waals surface area contributed by atoms with Crippen molar-refractivity contribution in [3.05, 3.63) is 65.1 Å².